The van der Waals surface area contributed by atoms with Gasteiger partial charge in [0.05, 0.1) is 6.54 Å². The Morgan fingerprint density at radius 3 is 2.62 bits per heavy atom. The maximum absolute atomic E-state index is 12.2. The van der Waals surface area contributed by atoms with Crippen LogP contribution in [0.15, 0.2) is 4.99 Å². The molecule has 1 rings (SSSR count). The van der Waals surface area contributed by atoms with Crippen molar-refractivity contribution in [2.24, 2.45) is 10.7 Å². The molecule has 1 aliphatic rings. The summed E-state index contributed by atoms with van der Waals surface area (Å²) in [6.45, 7) is 14.6. The number of likely N-dealkylation sites (tertiary alicyclic amines) is 1. The Bertz CT molecular complexity index is 440. The first-order valence-electron chi connectivity index (χ1n) is 9.52. The molecule has 1 heterocycles. The second-order valence-electron chi connectivity index (χ2n) is 7.54. The maximum Gasteiger partial charge on any atom is 0.410 e. The first kappa shape index (κ1) is 25.2. The van der Waals surface area contributed by atoms with Gasteiger partial charge in [-0.25, -0.2) is 4.79 Å². The Labute approximate surface area is 176 Å². The van der Waals surface area contributed by atoms with Gasteiger partial charge in [-0.1, -0.05) is 13.8 Å². The zero-order valence-corrected chi connectivity index (χ0v) is 19.4. The number of hydrogen-bond acceptors (Lipinski definition) is 4. The van der Waals surface area contributed by atoms with E-state index < -0.39 is 5.60 Å². The standard InChI is InChI=1S/C18H37N5O2.HI/c1-6-11-23(17(24)25-18(3,4)5)13-10-20-16(19)21-14-15-9-8-12-22(15)7-2;/h15H,6-14H2,1-5H3,(H3,19,20,21);1H. The number of ether oxygens (including phenoxy) is 1. The van der Waals surface area contributed by atoms with Crippen molar-refractivity contribution in [3.05, 3.63) is 0 Å². The van der Waals surface area contributed by atoms with E-state index in [9.17, 15) is 4.79 Å². The SMILES string of the molecule is CCCN(CCNC(N)=NCC1CCCN1CC)C(=O)OC(C)(C)C.I. The molecule has 0 aromatic heterocycles. The van der Waals surface area contributed by atoms with Gasteiger partial charge in [-0.3, -0.25) is 9.89 Å². The lowest BCUT2D eigenvalue weighted by Crippen LogP contribution is -2.43. The number of nitrogens with two attached hydrogens (primary N) is 1. The Kier molecular flexibility index (Phi) is 12.2. The molecule has 7 nitrogen and oxygen atoms in total. The van der Waals surface area contributed by atoms with Crippen molar-refractivity contribution < 1.29 is 9.53 Å². The molecular weight excluding hydrogens is 445 g/mol. The van der Waals surface area contributed by atoms with Crippen LogP contribution in [0.2, 0.25) is 0 Å². The Balaban J connectivity index is 0.00000625. The lowest BCUT2D eigenvalue weighted by molar-refractivity contribution is 0.0253. The molecule has 154 valence electrons. The number of nitrogens with zero attached hydrogens (tertiary/aromatic N) is 3. The van der Waals surface area contributed by atoms with Crippen molar-refractivity contribution in [2.75, 3.05) is 39.3 Å². The lowest BCUT2D eigenvalue weighted by atomic mass is 10.2. The van der Waals surface area contributed by atoms with Crippen LogP contribution >= 0.6 is 24.0 Å². The molecule has 1 saturated heterocycles. The molecule has 1 aliphatic heterocycles. The number of likely N-dealkylation sites (N-methyl/N-ethyl adjacent to an activating group) is 1. The fraction of sp³-hybridized carbons (Fsp3) is 0.889. The Morgan fingerprint density at radius 1 is 1.35 bits per heavy atom. The van der Waals surface area contributed by atoms with Crippen LogP contribution in [-0.2, 0) is 4.74 Å². The fourth-order valence-electron chi connectivity index (χ4n) is 2.99. The average Bonchev–Trinajstić information content (AvgIpc) is 2.98. The van der Waals surface area contributed by atoms with Crippen molar-refractivity contribution >= 4 is 36.0 Å². The number of hydrogen-bond donors (Lipinski definition) is 2. The van der Waals surface area contributed by atoms with E-state index in [1.807, 2.05) is 27.7 Å². The van der Waals surface area contributed by atoms with Gasteiger partial charge in [0, 0.05) is 25.7 Å². The summed E-state index contributed by atoms with van der Waals surface area (Å²) in [4.78, 5) is 20.8. The molecular formula is C18H38IN5O2. The van der Waals surface area contributed by atoms with E-state index in [0.29, 0.717) is 31.6 Å². The number of halogens is 1. The van der Waals surface area contributed by atoms with E-state index in [1.54, 1.807) is 4.90 Å². The topological polar surface area (TPSA) is 83.2 Å². The molecule has 1 fully saturated rings. The molecule has 0 bridgehead atoms. The highest BCUT2D eigenvalue weighted by molar-refractivity contribution is 14.0. The van der Waals surface area contributed by atoms with Gasteiger partial charge in [-0.15, -0.1) is 24.0 Å². The number of carbonyl (C=O) groups excluding carboxylic acids is 1. The number of carbonyl (C=O) groups is 1. The van der Waals surface area contributed by atoms with Crippen molar-refractivity contribution in [1.82, 2.24) is 15.1 Å². The lowest BCUT2D eigenvalue weighted by Gasteiger charge is -2.27. The van der Waals surface area contributed by atoms with Gasteiger partial charge >= 0.3 is 6.09 Å². The second kappa shape index (κ2) is 12.6. The fourth-order valence-corrected chi connectivity index (χ4v) is 2.99. The summed E-state index contributed by atoms with van der Waals surface area (Å²) in [5, 5.41) is 3.11. The number of amides is 1. The second-order valence-corrected chi connectivity index (χ2v) is 7.54. The van der Waals surface area contributed by atoms with Gasteiger partial charge in [0.2, 0.25) is 0 Å². The third-order valence-electron chi connectivity index (χ3n) is 4.21. The van der Waals surface area contributed by atoms with Gasteiger partial charge in [0.1, 0.15) is 5.60 Å². The first-order valence-corrected chi connectivity index (χ1v) is 9.52. The highest BCUT2D eigenvalue weighted by Gasteiger charge is 2.23. The molecule has 0 radical (unpaired) electrons. The molecule has 1 atom stereocenters. The van der Waals surface area contributed by atoms with Crippen LogP contribution in [0.5, 0.6) is 0 Å². The minimum Gasteiger partial charge on any atom is -0.444 e. The molecule has 0 aromatic rings. The Morgan fingerprint density at radius 2 is 2.04 bits per heavy atom. The minimum atomic E-state index is -0.483. The first-order chi connectivity index (χ1) is 11.8. The molecule has 1 unspecified atom stereocenters. The molecule has 0 aromatic carbocycles. The smallest absolute Gasteiger partial charge is 0.410 e. The van der Waals surface area contributed by atoms with Gasteiger partial charge in [-0.2, -0.15) is 0 Å². The zero-order chi connectivity index (χ0) is 18.9. The summed E-state index contributed by atoms with van der Waals surface area (Å²) in [6, 6.07) is 0.503. The van der Waals surface area contributed by atoms with Gasteiger partial charge in [0.25, 0.3) is 0 Å². The molecule has 1 amide bonds. The molecule has 26 heavy (non-hydrogen) atoms. The highest BCUT2D eigenvalue weighted by Crippen LogP contribution is 2.16. The minimum absolute atomic E-state index is 0. The number of guanidine groups is 1. The van der Waals surface area contributed by atoms with E-state index >= 15 is 0 Å². The summed E-state index contributed by atoms with van der Waals surface area (Å²) in [5.41, 5.74) is 5.48. The van der Waals surface area contributed by atoms with Crippen molar-refractivity contribution in [1.29, 1.82) is 0 Å². The van der Waals surface area contributed by atoms with E-state index in [-0.39, 0.29) is 30.1 Å². The summed E-state index contributed by atoms with van der Waals surface area (Å²) >= 11 is 0. The molecule has 8 heteroatoms. The number of aliphatic imine (C=N–C) groups is 1. The van der Waals surface area contributed by atoms with Crippen LogP contribution in [0.4, 0.5) is 4.79 Å². The van der Waals surface area contributed by atoms with Gasteiger partial charge in [-0.05, 0) is 53.1 Å². The predicted molar refractivity (Wildman–Crippen MR) is 118 cm³/mol. The predicted octanol–water partition coefficient (Wildman–Crippen LogP) is 2.64. The maximum atomic E-state index is 12.2. The van der Waals surface area contributed by atoms with Crippen LogP contribution in [0.25, 0.3) is 0 Å². The summed E-state index contributed by atoms with van der Waals surface area (Å²) < 4.78 is 5.44. The highest BCUT2D eigenvalue weighted by atomic mass is 127. The quantitative estimate of drug-likeness (QED) is 0.315. The molecule has 0 aliphatic carbocycles. The van der Waals surface area contributed by atoms with E-state index in [1.165, 1.54) is 12.8 Å². The average molecular weight is 483 g/mol. The molecule has 3 N–H and O–H groups in total. The third-order valence-corrected chi connectivity index (χ3v) is 4.21. The van der Waals surface area contributed by atoms with Crippen molar-refractivity contribution in [3.8, 4) is 0 Å². The zero-order valence-electron chi connectivity index (χ0n) is 17.1. The van der Waals surface area contributed by atoms with Crippen molar-refractivity contribution in [3.63, 3.8) is 0 Å². The molecule has 0 saturated carbocycles. The van der Waals surface area contributed by atoms with Crippen LogP contribution in [0.1, 0.15) is 53.9 Å². The summed E-state index contributed by atoms with van der Waals surface area (Å²) in [7, 11) is 0. The molecule has 0 spiro atoms. The summed E-state index contributed by atoms with van der Waals surface area (Å²) in [5.74, 6) is 0.448. The normalized spacial score (nSPS) is 18.3. The Hall–Kier alpha value is -0.770. The number of nitrogens with one attached hydrogen (secondary N) is 1. The van der Waals surface area contributed by atoms with Crippen LogP contribution in [0, 0.1) is 0 Å². The monoisotopic (exact) mass is 483 g/mol. The summed E-state index contributed by atoms with van der Waals surface area (Å²) in [6.07, 6.45) is 3.03. The van der Waals surface area contributed by atoms with E-state index in [2.05, 4.69) is 22.1 Å². The van der Waals surface area contributed by atoms with E-state index in [4.69, 9.17) is 10.5 Å². The van der Waals surface area contributed by atoms with Gasteiger partial charge in [0.15, 0.2) is 5.96 Å². The largest absolute Gasteiger partial charge is 0.444 e. The van der Waals surface area contributed by atoms with Crippen LogP contribution in [-0.4, -0.2) is 72.8 Å². The number of rotatable bonds is 8. The van der Waals surface area contributed by atoms with Crippen LogP contribution < -0.4 is 11.1 Å². The third kappa shape index (κ3) is 9.80. The van der Waals surface area contributed by atoms with Crippen LogP contribution in [0.3, 0.4) is 0 Å². The van der Waals surface area contributed by atoms with Gasteiger partial charge < -0.3 is 20.7 Å². The van der Waals surface area contributed by atoms with E-state index in [0.717, 1.165) is 26.1 Å². The van der Waals surface area contributed by atoms with Crippen molar-refractivity contribution in [2.45, 2.75) is 65.5 Å².